The molecule has 2 rings (SSSR count). The maximum absolute atomic E-state index is 7.64. The third kappa shape index (κ3) is 2.76. The Morgan fingerprint density at radius 1 is 1.33 bits per heavy atom. The third-order valence-electron chi connectivity index (χ3n) is 3.41. The van der Waals surface area contributed by atoms with Gasteiger partial charge in [-0.1, -0.05) is 18.5 Å². The second kappa shape index (κ2) is 5.59. The third-order valence-corrected chi connectivity index (χ3v) is 3.65. The second-order valence-corrected chi connectivity index (χ2v) is 4.93. The highest BCUT2D eigenvalue weighted by Crippen LogP contribution is 2.25. The Bertz CT molecular complexity index is 439. The minimum Gasteiger partial charge on any atom is -0.384 e. The lowest BCUT2D eigenvalue weighted by Gasteiger charge is -2.36. The van der Waals surface area contributed by atoms with Crippen LogP contribution in [0, 0.1) is 5.41 Å². The Kier molecular flexibility index (Phi) is 4.09. The Morgan fingerprint density at radius 2 is 2.00 bits per heavy atom. The average molecular weight is 267 g/mol. The molecule has 3 N–H and O–H groups in total. The van der Waals surface area contributed by atoms with E-state index in [-0.39, 0.29) is 5.84 Å². The number of benzene rings is 1. The van der Waals surface area contributed by atoms with E-state index in [1.807, 2.05) is 12.1 Å². The highest BCUT2D eigenvalue weighted by atomic mass is 35.5. The smallest absolute Gasteiger partial charge is 0.124 e. The van der Waals surface area contributed by atoms with Crippen LogP contribution in [0.3, 0.4) is 0 Å². The molecular formula is C13H19ClN4. The van der Waals surface area contributed by atoms with Crippen LogP contribution >= 0.6 is 11.6 Å². The van der Waals surface area contributed by atoms with Gasteiger partial charge >= 0.3 is 0 Å². The van der Waals surface area contributed by atoms with Crippen LogP contribution in [0.5, 0.6) is 0 Å². The number of amidine groups is 1. The molecule has 0 aliphatic carbocycles. The Morgan fingerprint density at radius 3 is 2.56 bits per heavy atom. The molecule has 1 aromatic carbocycles. The number of nitrogens with one attached hydrogen (secondary N) is 1. The van der Waals surface area contributed by atoms with Crippen molar-refractivity contribution in [3.63, 3.8) is 0 Å². The van der Waals surface area contributed by atoms with Crippen molar-refractivity contribution < 1.29 is 0 Å². The monoisotopic (exact) mass is 266 g/mol. The number of rotatable bonds is 3. The summed E-state index contributed by atoms with van der Waals surface area (Å²) in [7, 11) is 0. The Balaban J connectivity index is 2.22. The van der Waals surface area contributed by atoms with Gasteiger partial charge in [0.1, 0.15) is 5.84 Å². The van der Waals surface area contributed by atoms with Gasteiger partial charge in [0.25, 0.3) is 0 Å². The van der Waals surface area contributed by atoms with Crippen LogP contribution in [0.25, 0.3) is 0 Å². The summed E-state index contributed by atoms with van der Waals surface area (Å²) in [6, 6.07) is 5.51. The van der Waals surface area contributed by atoms with E-state index in [0.29, 0.717) is 5.02 Å². The molecule has 5 heteroatoms. The molecule has 1 heterocycles. The van der Waals surface area contributed by atoms with Gasteiger partial charge in [-0.05, 0) is 24.7 Å². The van der Waals surface area contributed by atoms with Gasteiger partial charge in [-0.3, -0.25) is 5.41 Å². The first-order valence-corrected chi connectivity index (χ1v) is 6.61. The minimum absolute atomic E-state index is 0.0968. The maximum atomic E-state index is 7.64. The van der Waals surface area contributed by atoms with Crippen molar-refractivity contribution in [1.82, 2.24) is 4.90 Å². The standard InChI is InChI=1S/C13H19ClN4/c1-2-17-5-7-18(8-6-17)12-9-10(14)3-4-11(12)13(15)16/h3-4,9H,2,5-8H2,1H3,(H3,15,16). The summed E-state index contributed by atoms with van der Waals surface area (Å²) in [6.07, 6.45) is 0. The van der Waals surface area contributed by atoms with Gasteiger partial charge in [-0.2, -0.15) is 0 Å². The van der Waals surface area contributed by atoms with Gasteiger partial charge in [0, 0.05) is 42.5 Å². The number of nitrogen functional groups attached to an aromatic ring is 1. The predicted molar refractivity (Wildman–Crippen MR) is 76.8 cm³/mol. The van der Waals surface area contributed by atoms with Crippen LogP contribution in [0.15, 0.2) is 18.2 Å². The number of hydrogen-bond donors (Lipinski definition) is 2. The quantitative estimate of drug-likeness (QED) is 0.648. The lowest BCUT2D eigenvalue weighted by atomic mass is 10.1. The average Bonchev–Trinajstić information content (AvgIpc) is 2.38. The zero-order valence-electron chi connectivity index (χ0n) is 10.6. The molecule has 0 unspecified atom stereocenters. The van der Waals surface area contributed by atoms with E-state index in [9.17, 15) is 0 Å². The Hall–Kier alpha value is -1.26. The fraction of sp³-hybridized carbons (Fsp3) is 0.462. The molecule has 1 fully saturated rings. The van der Waals surface area contributed by atoms with E-state index in [1.54, 1.807) is 6.07 Å². The van der Waals surface area contributed by atoms with E-state index in [1.165, 1.54) is 0 Å². The maximum Gasteiger partial charge on any atom is 0.124 e. The summed E-state index contributed by atoms with van der Waals surface area (Å²) < 4.78 is 0. The molecule has 0 aromatic heterocycles. The lowest BCUT2D eigenvalue weighted by Crippen LogP contribution is -2.46. The SMILES string of the molecule is CCN1CCN(c2cc(Cl)ccc2C(=N)N)CC1. The molecule has 4 nitrogen and oxygen atoms in total. The van der Waals surface area contributed by atoms with Crippen molar-refractivity contribution in [3.05, 3.63) is 28.8 Å². The van der Waals surface area contributed by atoms with Crippen molar-refractivity contribution in [2.24, 2.45) is 5.73 Å². The van der Waals surface area contributed by atoms with Crippen molar-refractivity contribution in [2.45, 2.75) is 6.92 Å². The summed E-state index contributed by atoms with van der Waals surface area (Å²) in [5.41, 5.74) is 7.37. The minimum atomic E-state index is 0.0968. The van der Waals surface area contributed by atoms with Gasteiger partial charge in [-0.25, -0.2) is 0 Å². The first-order chi connectivity index (χ1) is 8.61. The second-order valence-electron chi connectivity index (χ2n) is 4.50. The molecule has 1 aliphatic heterocycles. The molecule has 0 spiro atoms. The van der Waals surface area contributed by atoms with E-state index >= 15 is 0 Å². The molecule has 1 saturated heterocycles. The topological polar surface area (TPSA) is 56.4 Å². The zero-order chi connectivity index (χ0) is 13.1. The highest BCUT2D eigenvalue weighted by Gasteiger charge is 2.19. The van der Waals surface area contributed by atoms with Crippen LogP contribution < -0.4 is 10.6 Å². The van der Waals surface area contributed by atoms with Crippen molar-refractivity contribution in [2.75, 3.05) is 37.6 Å². The number of piperazine rings is 1. The zero-order valence-corrected chi connectivity index (χ0v) is 11.4. The normalized spacial score (nSPS) is 16.9. The number of halogens is 1. The summed E-state index contributed by atoms with van der Waals surface area (Å²) in [5, 5.41) is 8.33. The molecule has 0 amide bonds. The van der Waals surface area contributed by atoms with Crippen LogP contribution in [0.4, 0.5) is 5.69 Å². The molecule has 0 saturated carbocycles. The van der Waals surface area contributed by atoms with E-state index in [0.717, 1.165) is 44.0 Å². The van der Waals surface area contributed by atoms with E-state index < -0.39 is 0 Å². The fourth-order valence-corrected chi connectivity index (χ4v) is 2.47. The first-order valence-electron chi connectivity index (χ1n) is 6.23. The van der Waals surface area contributed by atoms with Gasteiger partial charge in [0.05, 0.1) is 0 Å². The van der Waals surface area contributed by atoms with Crippen molar-refractivity contribution >= 4 is 23.1 Å². The summed E-state index contributed by atoms with van der Waals surface area (Å²) >= 11 is 6.05. The fourth-order valence-electron chi connectivity index (χ4n) is 2.30. The number of nitrogens with two attached hydrogens (primary N) is 1. The molecule has 0 bridgehead atoms. The largest absolute Gasteiger partial charge is 0.384 e. The van der Waals surface area contributed by atoms with E-state index in [2.05, 4.69) is 16.7 Å². The summed E-state index contributed by atoms with van der Waals surface area (Å²) in [6.45, 7) is 7.25. The predicted octanol–water partition coefficient (Wildman–Crippen LogP) is 1.77. The highest BCUT2D eigenvalue weighted by molar-refractivity contribution is 6.31. The van der Waals surface area contributed by atoms with Gasteiger partial charge < -0.3 is 15.5 Å². The van der Waals surface area contributed by atoms with Crippen molar-refractivity contribution in [3.8, 4) is 0 Å². The molecule has 0 atom stereocenters. The van der Waals surface area contributed by atoms with Crippen LogP contribution in [0.1, 0.15) is 12.5 Å². The van der Waals surface area contributed by atoms with Gasteiger partial charge in [-0.15, -0.1) is 0 Å². The molecule has 18 heavy (non-hydrogen) atoms. The lowest BCUT2D eigenvalue weighted by molar-refractivity contribution is 0.271. The van der Waals surface area contributed by atoms with E-state index in [4.69, 9.17) is 22.7 Å². The number of likely N-dealkylation sites (N-methyl/N-ethyl adjacent to an activating group) is 1. The van der Waals surface area contributed by atoms with Crippen molar-refractivity contribution in [1.29, 1.82) is 5.41 Å². The Labute approximate surface area is 113 Å². The summed E-state index contributed by atoms with van der Waals surface area (Å²) in [4.78, 5) is 4.67. The molecule has 1 aromatic rings. The van der Waals surface area contributed by atoms with Gasteiger partial charge in [0.15, 0.2) is 0 Å². The number of hydrogen-bond acceptors (Lipinski definition) is 3. The van der Waals surface area contributed by atoms with Gasteiger partial charge in [0.2, 0.25) is 0 Å². The molecular weight excluding hydrogens is 248 g/mol. The summed E-state index contributed by atoms with van der Waals surface area (Å²) in [5.74, 6) is 0.0968. The first kappa shape index (κ1) is 13.2. The van der Waals surface area contributed by atoms with Crippen LogP contribution in [-0.4, -0.2) is 43.5 Å². The van der Waals surface area contributed by atoms with Crippen LogP contribution in [0.2, 0.25) is 5.02 Å². The number of nitrogens with zero attached hydrogens (tertiary/aromatic N) is 2. The van der Waals surface area contributed by atoms with Crippen LogP contribution in [-0.2, 0) is 0 Å². The molecule has 1 aliphatic rings. The molecule has 98 valence electrons. The number of anilines is 1. The molecule has 0 radical (unpaired) electrons.